The monoisotopic (exact) mass is 637 g/mol. The van der Waals surface area contributed by atoms with Crippen molar-refractivity contribution in [3.63, 3.8) is 0 Å². The second-order valence-corrected chi connectivity index (χ2v) is 12.4. The van der Waals surface area contributed by atoms with Crippen LogP contribution in [0.2, 0.25) is 0 Å². The van der Waals surface area contributed by atoms with E-state index in [1.807, 2.05) is 51.1 Å². The highest BCUT2D eigenvalue weighted by Gasteiger charge is 2.44. The Hall–Kier alpha value is -5.41. The maximum atomic E-state index is 13.5. The number of ether oxygens (including phenoxy) is 4. The first-order valence-corrected chi connectivity index (χ1v) is 15.1. The Kier molecular flexibility index (Phi) is 9.49. The fraction of sp³-hybridized carbons (Fsp3) is 0.343. The van der Waals surface area contributed by atoms with Gasteiger partial charge in [0.25, 0.3) is 0 Å². The smallest absolute Gasteiger partial charge is 0.414 e. The maximum absolute atomic E-state index is 13.5. The Bertz CT molecular complexity index is 1820. The minimum absolute atomic E-state index is 0.305. The lowest BCUT2D eigenvalue weighted by Crippen LogP contribution is -2.43. The molecule has 0 bridgehead atoms. The summed E-state index contributed by atoms with van der Waals surface area (Å²) in [4.78, 5) is 28.4. The molecule has 1 atom stereocenters. The molecule has 0 radical (unpaired) electrons. The average Bonchev–Trinajstić information content (AvgIpc) is 3.36. The highest BCUT2D eigenvalue weighted by atomic mass is 16.6. The highest BCUT2D eigenvalue weighted by Crippen LogP contribution is 2.45. The number of carbonyl (C=O) groups is 1. The minimum atomic E-state index is -0.715. The molecule has 1 amide bonds. The van der Waals surface area contributed by atoms with Crippen molar-refractivity contribution >= 4 is 23.4 Å². The van der Waals surface area contributed by atoms with Crippen LogP contribution < -0.4 is 29.7 Å². The van der Waals surface area contributed by atoms with Gasteiger partial charge in [0, 0.05) is 54.6 Å². The van der Waals surface area contributed by atoms with Crippen molar-refractivity contribution < 1.29 is 23.7 Å². The normalized spacial score (nSPS) is 15.4. The molecule has 2 N–H and O–H groups in total. The number of benzene rings is 2. The van der Waals surface area contributed by atoms with Gasteiger partial charge in [-0.3, -0.25) is 4.90 Å². The third kappa shape index (κ3) is 7.21. The van der Waals surface area contributed by atoms with Gasteiger partial charge in [0.15, 0.2) is 0 Å². The zero-order chi connectivity index (χ0) is 33.8. The number of pyridine rings is 1. The van der Waals surface area contributed by atoms with Crippen LogP contribution in [0, 0.1) is 11.3 Å². The molecule has 4 aromatic rings. The van der Waals surface area contributed by atoms with Crippen molar-refractivity contribution in [1.29, 1.82) is 5.26 Å². The van der Waals surface area contributed by atoms with E-state index in [4.69, 9.17) is 23.9 Å². The molecule has 0 saturated carbocycles. The Morgan fingerprint density at radius 3 is 2.55 bits per heavy atom. The molecule has 3 heterocycles. The predicted octanol–water partition coefficient (Wildman–Crippen LogP) is 5.98. The Labute approximate surface area is 274 Å². The van der Waals surface area contributed by atoms with Gasteiger partial charge in [-0.2, -0.15) is 5.26 Å². The number of hydrogen-bond acceptors (Lipinski definition) is 11. The van der Waals surface area contributed by atoms with Gasteiger partial charge in [0.2, 0.25) is 11.8 Å². The molecule has 47 heavy (non-hydrogen) atoms. The van der Waals surface area contributed by atoms with E-state index in [-0.39, 0.29) is 0 Å². The second-order valence-electron chi connectivity index (χ2n) is 12.4. The van der Waals surface area contributed by atoms with Gasteiger partial charge in [0.1, 0.15) is 28.9 Å². The summed E-state index contributed by atoms with van der Waals surface area (Å²) in [5, 5.41) is 17.1. The topological polar surface area (TPSA) is 144 Å². The summed E-state index contributed by atoms with van der Waals surface area (Å²) in [5.41, 5.74) is 3.26. The molecule has 12 nitrogen and oxygen atoms in total. The molecule has 244 valence electrons. The molecule has 5 rings (SSSR count). The lowest BCUT2D eigenvalue weighted by atomic mass is 9.82. The van der Waals surface area contributed by atoms with Crippen molar-refractivity contribution in [3.8, 4) is 34.7 Å². The first-order valence-electron chi connectivity index (χ1n) is 15.1. The van der Waals surface area contributed by atoms with Crippen molar-refractivity contribution in [2.45, 2.75) is 45.3 Å². The summed E-state index contributed by atoms with van der Waals surface area (Å²) in [6.07, 6.45) is 2.76. The number of anilines is 3. The number of nitrogens with zero attached hydrogens (tertiary/aromatic N) is 5. The Morgan fingerprint density at radius 1 is 1.04 bits per heavy atom. The zero-order valence-corrected chi connectivity index (χ0v) is 27.7. The Balaban J connectivity index is 1.51. The van der Waals surface area contributed by atoms with Crippen LogP contribution in [-0.2, 0) is 16.7 Å². The van der Waals surface area contributed by atoms with E-state index in [9.17, 15) is 10.1 Å². The number of methoxy groups -OCH3 is 3. The molecule has 0 fully saturated rings. The van der Waals surface area contributed by atoms with Crippen LogP contribution in [0.5, 0.6) is 17.4 Å². The molecular weight excluding hydrogens is 598 g/mol. The summed E-state index contributed by atoms with van der Waals surface area (Å²) in [7, 11) is 4.78. The highest BCUT2D eigenvalue weighted by molar-refractivity contribution is 5.95. The fourth-order valence-electron chi connectivity index (χ4n) is 5.58. The molecule has 0 aliphatic carbocycles. The maximum Gasteiger partial charge on any atom is 0.414 e. The number of nitriles is 1. The van der Waals surface area contributed by atoms with Gasteiger partial charge in [0.05, 0.1) is 38.3 Å². The number of amides is 1. The van der Waals surface area contributed by atoms with Gasteiger partial charge in [-0.25, -0.2) is 19.7 Å². The number of rotatable bonds is 10. The van der Waals surface area contributed by atoms with Crippen LogP contribution in [0.1, 0.15) is 44.4 Å². The van der Waals surface area contributed by atoms with E-state index < -0.39 is 17.1 Å². The van der Waals surface area contributed by atoms with Crippen LogP contribution in [0.15, 0.2) is 60.9 Å². The molecule has 1 unspecified atom stereocenters. The van der Waals surface area contributed by atoms with Crippen molar-refractivity contribution in [2.24, 2.45) is 0 Å². The molecule has 2 aromatic carbocycles. The first-order chi connectivity index (χ1) is 22.5. The zero-order valence-electron chi connectivity index (χ0n) is 27.7. The van der Waals surface area contributed by atoms with Gasteiger partial charge in [-0.1, -0.05) is 13.0 Å². The number of aromatic nitrogens is 3. The van der Waals surface area contributed by atoms with Gasteiger partial charge < -0.3 is 29.6 Å². The lowest BCUT2D eigenvalue weighted by Gasteiger charge is -2.28. The van der Waals surface area contributed by atoms with Crippen LogP contribution in [0.25, 0.3) is 11.3 Å². The third-order valence-electron chi connectivity index (χ3n) is 7.76. The lowest BCUT2D eigenvalue weighted by molar-refractivity contribution is 0.0578. The molecule has 1 aliphatic rings. The minimum Gasteiger partial charge on any atom is -0.497 e. The van der Waals surface area contributed by atoms with Crippen LogP contribution in [0.4, 0.5) is 22.1 Å². The third-order valence-corrected chi connectivity index (χ3v) is 7.76. The van der Waals surface area contributed by atoms with Crippen molar-refractivity contribution in [2.75, 3.05) is 44.6 Å². The summed E-state index contributed by atoms with van der Waals surface area (Å²) in [6, 6.07) is 17.1. The summed E-state index contributed by atoms with van der Waals surface area (Å²) in [5.74, 6) is 2.15. The van der Waals surface area contributed by atoms with E-state index >= 15 is 0 Å². The van der Waals surface area contributed by atoms with Gasteiger partial charge in [-0.15, -0.1) is 0 Å². The summed E-state index contributed by atoms with van der Waals surface area (Å²) < 4.78 is 22.1. The molecular formula is C35H39N7O5. The van der Waals surface area contributed by atoms with E-state index in [0.717, 1.165) is 11.1 Å². The van der Waals surface area contributed by atoms with Crippen LogP contribution in [-0.4, -0.2) is 61.1 Å². The number of fused-ring (bicyclic) bond motifs is 1. The van der Waals surface area contributed by atoms with Crippen molar-refractivity contribution in [1.82, 2.24) is 20.3 Å². The van der Waals surface area contributed by atoms with Gasteiger partial charge >= 0.3 is 6.09 Å². The van der Waals surface area contributed by atoms with Crippen LogP contribution in [0.3, 0.4) is 0 Å². The van der Waals surface area contributed by atoms with Crippen LogP contribution >= 0.6 is 0 Å². The quantitative estimate of drug-likeness (QED) is 0.212. The van der Waals surface area contributed by atoms with Crippen molar-refractivity contribution in [3.05, 3.63) is 77.6 Å². The van der Waals surface area contributed by atoms with E-state index in [1.165, 1.54) is 0 Å². The average molecular weight is 638 g/mol. The standard InChI is InChI=1S/C35H39N7O5/c1-34(2,3)47-33(43)42-21-35(4,20-37-19-22-10-11-25(44-5)17-29(22)45-6)26-16-23(15-24(18-36)30(26)42)27-12-14-39-32(40-27)41-28-9-8-13-38-31(28)46-7/h8-17,37H,19-21H2,1-7H3,(H,39,40,41). The van der Waals surface area contributed by atoms with E-state index in [0.29, 0.717) is 71.2 Å². The molecule has 1 aliphatic heterocycles. The summed E-state index contributed by atoms with van der Waals surface area (Å²) in [6.45, 7) is 8.83. The Morgan fingerprint density at radius 2 is 1.85 bits per heavy atom. The number of hydrogen-bond donors (Lipinski definition) is 2. The SMILES string of the molecule is COc1ccc(CNCC2(C)CN(C(=O)OC(C)(C)C)c3c(C#N)cc(-c4ccnc(Nc5cccnc5OC)n4)cc32)c(OC)c1. The molecule has 0 spiro atoms. The number of carbonyl (C=O) groups excluding carboxylic acids is 1. The number of nitrogens with one attached hydrogen (secondary N) is 2. The largest absolute Gasteiger partial charge is 0.497 e. The fourth-order valence-corrected chi connectivity index (χ4v) is 5.58. The summed E-state index contributed by atoms with van der Waals surface area (Å²) >= 11 is 0. The van der Waals surface area contributed by atoms with E-state index in [1.54, 1.807) is 56.8 Å². The molecule has 0 saturated heterocycles. The first kappa shape index (κ1) is 33.0. The predicted molar refractivity (Wildman–Crippen MR) is 178 cm³/mol. The van der Waals surface area contributed by atoms with E-state index in [2.05, 4.69) is 33.6 Å². The molecule has 12 heteroatoms. The second kappa shape index (κ2) is 13.5. The molecule has 2 aromatic heterocycles. The van der Waals surface area contributed by atoms with Gasteiger partial charge in [-0.05, 0) is 62.7 Å².